The van der Waals surface area contributed by atoms with Gasteiger partial charge < -0.3 is 0 Å². The molecule has 0 aromatic heterocycles. The molecule has 1 fully saturated rings. The Bertz CT molecular complexity index is 1070. The number of anilines is 1. The number of carbonyl (C=O) groups is 1. The molecule has 30 heavy (non-hydrogen) atoms. The molecule has 0 radical (unpaired) electrons. The monoisotopic (exact) mass is 579 g/mol. The van der Waals surface area contributed by atoms with Gasteiger partial charge in [-0.25, -0.2) is 0 Å². The predicted octanol–water partition coefficient (Wildman–Crippen LogP) is 4.97. The number of rotatable bonds is 3. The predicted molar refractivity (Wildman–Crippen MR) is 113 cm³/mol. The molecule has 0 saturated carbocycles. The molecule has 0 aliphatic carbocycles. The average Bonchev–Trinajstić information content (AvgIpc) is 2.66. The van der Waals surface area contributed by atoms with Crippen molar-refractivity contribution in [2.45, 2.75) is 12.2 Å². The van der Waals surface area contributed by atoms with Gasteiger partial charge in [0.2, 0.25) is 0 Å². The van der Waals surface area contributed by atoms with Gasteiger partial charge in [-0.2, -0.15) is 0 Å². The summed E-state index contributed by atoms with van der Waals surface area (Å²) in [5.74, 6) is -0.669. The van der Waals surface area contributed by atoms with Crippen LogP contribution in [0.1, 0.15) is 17.2 Å². The summed E-state index contributed by atoms with van der Waals surface area (Å²) in [5.41, 5.74) is -0.331. The first-order valence-electron chi connectivity index (χ1n) is 8.24. The number of hydrogen-bond donors (Lipinski definition) is 2. The second-order valence-electron chi connectivity index (χ2n) is 6.21. The number of alkyl halides is 4. The SMILES string of the molecule is CN1I(C(=O)Nc2ccc(F)c(Cl)c2)CC(c2ccc(C(F)(F)F)cc2)NS1(=O)=O. The molecule has 3 rings (SSSR count). The van der Waals surface area contributed by atoms with E-state index in [1.54, 1.807) is 0 Å². The van der Waals surface area contributed by atoms with Crippen molar-refractivity contribution in [1.82, 2.24) is 7.24 Å². The summed E-state index contributed by atoms with van der Waals surface area (Å²) in [6.45, 7) is 0. The summed E-state index contributed by atoms with van der Waals surface area (Å²) in [4.78, 5) is 12.8. The number of hydrogen-bond acceptors (Lipinski definition) is 3. The van der Waals surface area contributed by atoms with E-state index in [1.165, 1.54) is 31.3 Å². The Hall–Kier alpha value is -1.48. The molecule has 1 aliphatic rings. The molecule has 164 valence electrons. The fraction of sp³-hybridized carbons (Fsp3) is 0.235. The Labute approximate surface area is 182 Å². The molecule has 1 heterocycles. The molecular weight excluding hydrogens is 565 g/mol. The number of carbonyl (C=O) groups excluding carboxylic acids is 1. The van der Waals surface area contributed by atoms with Crippen LogP contribution >= 0.6 is 31.7 Å². The second kappa shape index (κ2) is 8.57. The standard InChI is InChI=1S/C17H15ClF4IN3O3S/c1-26-23(16(27)24-12-6-7-14(19)13(18)8-12)9-15(25-30(26,28)29)10-2-4-11(5-3-10)17(20,21)22/h2-8,15,25H,9H2,1H3,(H,24,27). The summed E-state index contributed by atoms with van der Waals surface area (Å²) in [6, 6.07) is 6.81. The minimum atomic E-state index is -4.51. The zero-order chi connectivity index (χ0) is 22.3. The van der Waals surface area contributed by atoms with Crippen LogP contribution in [0.2, 0.25) is 5.02 Å². The van der Waals surface area contributed by atoms with Crippen LogP contribution in [-0.4, -0.2) is 26.3 Å². The Balaban J connectivity index is 1.83. The van der Waals surface area contributed by atoms with Crippen molar-refractivity contribution in [3.8, 4) is 0 Å². The van der Waals surface area contributed by atoms with Gasteiger partial charge in [-0.3, -0.25) is 0 Å². The zero-order valence-corrected chi connectivity index (χ0v) is 18.9. The van der Waals surface area contributed by atoms with E-state index in [1.807, 2.05) is 0 Å². The van der Waals surface area contributed by atoms with Gasteiger partial charge in [0.15, 0.2) is 0 Å². The van der Waals surface area contributed by atoms with E-state index in [4.69, 9.17) is 11.6 Å². The molecule has 0 bridgehead atoms. The fourth-order valence-corrected chi connectivity index (χ4v) is 10.8. The van der Waals surface area contributed by atoms with Crippen LogP contribution in [0.3, 0.4) is 0 Å². The number of nitrogens with zero attached hydrogens (tertiary/aromatic N) is 1. The first-order chi connectivity index (χ1) is 13.9. The summed E-state index contributed by atoms with van der Waals surface area (Å²) in [7, 11) is -2.74. The van der Waals surface area contributed by atoms with Crippen molar-refractivity contribution in [3.05, 3.63) is 64.4 Å². The molecule has 2 aromatic carbocycles. The Morgan fingerprint density at radius 1 is 1.23 bits per heavy atom. The third kappa shape index (κ3) is 5.04. The third-order valence-electron chi connectivity index (χ3n) is 4.21. The van der Waals surface area contributed by atoms with Crippen LogP contribution in [-0.2, 0) is 16.4 Å². The molecule has 1 aliphatic heterocycles. The first-order valence-corrected chi connectivity index (χ1v) is 13.6. The van der Waals surface area contributed by atoms with Gasteiger partial charge >= 0.3 is 183 Å². The summed E-state index contributed by atoms with van der Waals surface area (Å²) >= 11 is 2.64. The normalized spacial score (nSPS) is 20.7. The molecule has 1 unspecified atom stereocenters. The van der Waals surface area contributed by atoms with E-state index < -0.39 is 57.8 Å². The molecule has 13 heteroatoms. The third-order valence-corrected chi connectivity index (χ3v) is 13.2. The van der Waals surface area contributed by atoms with Gasteiger partial charge in [-0.05, 0) is 0 Å². The van der Waals surface area contributed by atoms with E-state index in [9.17, 15) is 30.8 Å². The van der Waals surface area contributed by atoms with Gasteiger partial charge in [0.25, 0.3) is 0 Å². The van der Waals surface area contributed by atoms with Crippen LogP contribution in [0.4, 0.5) is 28.0 Å². The number of halogens is 6. The maximum atomic E-state index is 13.3. The quantitative estimate of drug-likeness (QED) is 0.135. The minimum absolute atomic E-state index is 0.117. The van der Waals surface area contributed by atoms with Crippen LogP contribution in [0.25, 0.3) is 0 Å². The average molecular weight is 580 g/mol. The number of amides is 1. The molecular formula is C17H15ClF4IN3O3S. The molecule has 1 amide bonds. The van der Waals surface area contributed by atoms with Crippen molar-refractivity contribution in [3.63, 3.8) is 0 Å². The second-order valence-corrected chi connectivity index (χ2v) is 14.2. The van der Waals surface area contributed by atoms with Crippen molar-refractivity contribution in [1.29, 1.82) is 0 Å². The zero-order valence-electron chi connectivity index (χ0n) is 15.2. The van der Waals surface area contributed by atoms with Crippen LogP contribution < -0.4 is 10.0 Å². The number of nitrogens with one attached hydrogen (secondary N) is 2. The van der Waals surface area contributed by atoms with Gasteiger partial charge in [0.05, 0.1) is 0 Å². The Morgan fingerprint density at radius 2 is 1.87 bits per heavy atom. The van der Waals surface area contributed by atoms with Crippen molar-refractivity contribution in [2.75, 3.05) is 16.8 Å². The van der Waals surface area contributed by atoms with Crippen LogP contribution in [0.5, 0.6) is 0 Å². The van der Waals surface area contributed by atoms with Gasteiger partial charge in [0.1, 0.15) is 0 Å². The van der Waals surface area contributed by atoms with Crippen LogP contribution in [0, 0.1) is 5.82 Å². The van der Waals surface area contributed by atoms with Gasteiger partial charge in [-0.1, -0.05) is 0 Å². The van der Waals surface area contributed by atoms with E-state index >= 15 is 0 Å². The molecule has 2 N–H and O–H groups in total. The Kier molecular flexibility index (Phi) is 6.63. The Morgan fingerprint density at radius 3 is 2.43 bits per heavy atom. The number of benzene rings is 2. The first kappa shape index (κ1) is 23.2. The van der Waals surface area contributed by atoms with Crippen molar-refractivity contribution < 1.29 is 30.8 Å². The van der Waals surface area contributed by atoms with E-state index in [-0.39, 0.29) is 15.1 Å². The summed E-state index contributed by atoms with van der Waals surface area (Å²) < 4.78 is 79.5. The molecule has 1 atom stereocenters. The van der Waals surface area contributed by atoms with Gasteiger partial charge in [0, 0.05) is 0 Å². The molecule has 2 aromatic rings. The van der Waals surface area contributed by atoms with Crippen LogP contribution in [0.15, 0.2) is 42.5 Å². The summed E-state index contributed by atoms with van der Waals surface area (Å²) in [6.07, 6.45) is -4.51. The molecule has 1 saturated heterocycles. The molecule has 0 spiro atoms. The fourth-order valence-electron chi connectivity index (χ4n) is 2.62. The van der Waals surface area contributed by atoms with Crippen molar-refractivity contribution >= 4 is 51.5 Å². The topological polar surface area (TPSA) is 78.5 Å². The van der Waals surface area contributed by atoms with Crippen molar-refractivity contribution in [2.24, 2.45) is 0 Å². The van der Waals surface area contributed by atoms with E-state index in [0.29, 0.717) is 5.56 Å². The van der Waals surface area contributed by atoms with E-state index in [0.717, 1.165) is 20.7 Å². The molecule has 6 nitrogen and oxygen atoms in total. The van der Waals surface area contributed by atoms with E-state index in [2.05, 4.69) is 10.0 Å². The summed E-state index contributed by atoms with van der Waals surface area (Å²) in [5, 5.41) is 2.34. The maximum absolute atomic E-state index is 13.3. The van der Waals surface area contributed by atoms with Gasteiger partial charge in [-0.15, -0.1) is 0 Å².